The molecule has 1 fully saturated rings. The molecule has 0 spiro atoms. The summed E-state index contributed by atoms with van der Waals surface area (Å²) in [7, 11) is 0. The van der Waals surface area contributed by atoms with E-state index in [1.54, 1.807) is 12.1 Å². The predicted octanol–water partition coefficient (Wildman–Crippen LogP) is 3.70. The Morgan fingerprint density at radius 3 is 2.42 bits per heavy atom. The second kappa shape index (κ2) is 5.87. The third kappa shape index (κ3) is 3.66. The van der Waals surface area contributed by atoms with E-state index in [1.807, 2.05) is 0 Å². The zero-order chi connectivity index (χ0) is 14.0. The zero-order valence-electron chi connectivity index (χ0n) is 11.4. The summed E-state index contributed by atoms with van der Waals surface area (Å²) < 4.78 is 14.0. The van der Waals surface area contributed by atoms with Gasteiger partial charge in [0.05, 0.1) is 5.69 Å². The van der Waals surface area contributed by atoms with Crippen LogP contribution in [0.5, 0.6) is 0 Å². The molecule has 1 aromatic rings. The molecule has 2 unspecified atom stereocenters. The molecule has 2 rings (SSSR count). The molecule has 1 aromatic carbocycles. The van der Waals surface area contributed by atoms with Gasteiger partial charge in [-0.25, -0.2) is 4.39 Å². The number of nitrogens with one attached hydrogen (secondary N) is 1. The van der Waals surface area contributed by atoms with Crippen molar-refractivity contribution in [2.45, 2.75) is 39.2 Å². The molecule has 4 heteroatoms. The highest BCUT2D eigenvalue weighted by Gasteiger charge is 2.24. The Balaban J connectivity index is 2.08. The van der Waals surface area contributed by atoms with Crippen LogP contribution in [0, 0.1) is 17.7 Å². The first-order valence-corrected chi connectivity index (χ1v) is 7.22. The maximum atomic E-state index is 14.0. The van der Waals surface area contributed by atoms with Crippen molar-refractivity contribution < 1.29 is 4.39 Å². The Morgan fingerprint density at radius 2 is 1.89 bits per heavy atom. The van der Waals surface area contributed by atoms with Crippen molar-refractivity contribution in [3.63, 3.8) is 0 Å². The molecule has 2 nitrogen and oxygen atoms in total. The maximum absolute atomic E-state index is 14.0. The van der Waals surface area contributed by atoms with Crippen molar-refractivity contribution in [2.75, 3.05) is 5.32 Å². The summed E-state index contributed by atoms with van der Waals surface area (Å²) in [6, 6.07) is 5.25. The highest BCUT2D eigenvalue weighted by atomic mass is 32.1. The molecule has 0 saturated heterocycles. The Bertz CT molecular complexity index is 465. The highest BCUT2D eigenvalue weighted by molar-refractivity contribution is 7.80. The molecule has 0 bridgehead atoms. The number of hydrogen-bond donors (Lipinski definition) is 2. The fourth-order valence-corrected chi connectivity index (χ4v) is 3.20. The third-order valence-corrected chi connectivity index (χ3v) is 4.03. The van der Waals surface area contributed by atoms with Crippen LogP contribution in [0.2, 0.25) is 0 Å². The van der Waals surface area contributed by atoms with E-state index in [0.29, 0.717) is 29.1 Å². The summed E-state index contributed by atoms with van der Waals surface area (Å²) in [6.45, 7) is 4.52. The van der Waals surface area contributed by atoms with Crippen LogP contribution in [-0.4, -0.2) is 11.0 Å². The van der Waals surface area contributed by atoms with Gasteiger partial charge in [-0.2, -0.15) is 0 Å². The van der Waals surface area contributed by atoms with Crippen LogP contribution in [0.15, 0.2) is 18.2 Å². The Hall–Kier alpha value is -1.16. The summed E-state index contributed by atoms with van der Waals surface area (Å²) in [6.07, 6.45) is 3.46. The summed E-state index contributed by atoms with van der Waals surface area (Å²) in [5.74, 6) is 1.11. The van der Waals surface area contributed by atoms with E-state index in [2.05, 4.69) is 19.2 Å². The number of nitrogens with two attached hydrogens (primary N) is 1. The van der Waals surface area contributed by atoms with Gasteiger partial charge in [0.1, 0.15) is 10.8 Å². The number of rotatable bonds is 3. The molecule has 19 heavy (non-hydrogen) atoms. The Morgan fingerprint density at radius 1 is 1.26 bits per heavy atom. The van der Waals surface area contributed by atoms with Crippen LogP contribution in [0.3, 0.4) is 0 Å². The quantitative estimate of drug-likeness (QED) is 0.829. The van der Waals surface area contributed by atoms with E-state index in [4.69, 9.17) is 18.0 Å². The second-order valence-corrected chi connectivity index (χ2v) is 6.26. The van der Waals surface area contributed by atoms with Crippen molar-refractivity contribution in [3.05, 3.63) is 29.6 Å². The fourth-order valence-electron chi connectivity index (χ4n) is 3.07. The fraction of sp³-hybridized carbons (Fsp3) is 0.533. The van der Waals surface area contributed by atoms with Crippen LogP contribution < -0.4 is 11.1 Å². The molecular formula is C15H21FN2S. The number of hydrogen-bond acceptors (Lipinski definition) is 2. The van der Waals surface area contributed by atoms with Crippen molar-refractivity contribution in [3.8, 4) is 0 Å². The maximum Gasteiger partial charge on any atom is 0.146 e. The van der Waals surface area contributed by atoms with Gasteiger partial charge in [-0.05, 0) is 49.3 Å². The minimum absolute atomic E-state index is 0.227. The lowest BCUT2D eigenvalue weighted by Crippen LogP contribution is -2.30. The number of anilines is 1. The average molecular weight is 280 g/mol. The molecule has 1 aliphatic rings. The molecule has 0 radical (unpaired) electrons. The molecule has 0 aromatic heterocycles. The summed E-state index contributed by atoms with van der Waals surface area (Å²) in [5, 5.41) is 3.32. The summed E-state index contributed by atoms with van der Waals surface area (Å²) in [4.78, 5) is 0.227. The molecule has 2 atom stereocenters. The van der Waals surface area contributed by atoms with Crippen LogP contribution >= 0.6 is 12.2 Å². The van der Waals surface area contributed by atoms with E-state index < -0.39 is 0 Å². The average Bonchev–Trinajstić information content (AvgIpc) is 2.30. The zero-order valence-corrected chi connectivity index (χ0v) is 12.3. The first-order chi connectivity index (χ1) is 8.95. The van der Waals surface area contributed by atoms with E-state index in [0.717, 1.165) is 12.8 Å². The topological polar surface area (TPSA) is 38.0 Å². The lowest BCUT2D eigenvalue weighted by atomic mass is 9.80. The van der Waals surface area contributed by atoms with Crippen molar-refractivity contribution in [1.82, 2.24) is 0 Å². The van der Waals surface area contributed by atoms with E-state index >= 15 is 0 Å². The molecule has 0 aliphatic heterocycles. The molecule has 3 N–H and O–H groups in total. The number of thiocarbonyl (C=S) groups is 1. The molecule has 0 amide bonds. The van der Waals surface area contributed by atoms with Crippen LogP contribution in [0.25, 0.3) is 0 Å². The molecule has 1 saturated carbocycles. The van der Waals surface area contributed by atoms with Crippen molar-refractivity contribution in [1.29, 1.82) is 0 Å². The van der Waals surface area contributed by atoms with Crippen molar-refractivity contribution >= 4 is 22.9 Å². The monoisotopic (exact) mass is 280 g/mol. The number of halogens is 1. The SMILES string of the molecule is CC1CC(C)CC(Nc2ccc(C(N)=S)cc2F)C1. The standard InChI is InChI=1S/C15H21FN2S/c1-9-5-10(2)7-12(6-9)18-14-4-3-11(15(17)19)8-13(14)16/h3-4,8-10,12,18H,5-7H2,1-2H3,(H2,17,19). The van der Waals surface area contributed by atoms with Gasteiger partial charge in [0.2, 0.25) is 0 Å². The predicted molar refractivity (Wildman–Crippen MR) is 81.9 cm³/mol. The van der Waals surface area contributed by atoms with Gasteiger partial charge in [-0.15, -0.1) is 0 Å². The van der Waals surface area contributed by atoms with Gasteiger partial charge in [0, 0.05) is 11.6 Å². The van der Waals surface area contributed by atoms with Gasteiger partial charge < -0.3 is 11.1 Å². The summed E-state index contributed by atoms with van der Waals surface area (Å²) >= 11 is 4.85. The van der Waals surface area contributed by atoms with Gasteiger partial charge in [-0.1, -0.05) is 26.1 Å². The number of benzene rings is 1. The van der Waals surface area contributed by atoms with Crippen molar-refractivity contribution in [2.24, 2.45) is 17.6 Å². The van der Waals surface area contributed by atoms with Gasteiger partial charge in [0.25, 0.3) is 0 Å². The second-order valence-electron chi connectivity index (χ2n) is 5.82. The first-order valence-electron chi connectivity index (χ1n) is 6.81. The molecular weight excluding hydrogens is 259 g/mol. The van der Waals surface area contributed by atoms with Gasteiger partial charge in [0.15, 0.2) is 0 Å². The van der Waals surface area contributed by atoms with E-state index in [-0.39, 0.29) is 10.8 Å². The smallest absolute Gasteiger partial charge is 0.146 e. The lowest BCUT2D eigenvalue weighted by molar-refractivity contribution is 0.280. The van der Waals surface area contributed by atoms with Gasteiger partial charge in [-0.3, -0.25) is 0 Å². The third-order valence-electron chi connectivity index (χ3n) is 3.79. The minimum Gasteiger partial charge on any atom is -0.389 e. The van der Waals surface area contributed by atoms with Crippen LogP contribution in [0.1, 0.15) is 38.7 Å². The van der Waals surface area contributed by atoms with Crippen LogP contribution in [-0.2, 0) is 0 Å². The Kier molecular flexibility index (Phi) is 4.40. The van der Waals surface area contributed by atoms with Crippen LogP contribution in [0.4, 0.5) is 10.1 Å². The molecule has 0 heterocycles. The minimum atomic E-state index is -0.281. The van der Waals surface area contributed by atoms with E-state index in [1.165, 1.54) is 12.5 Å². The Labute approximate surface area is 119 Å². The highest BCUT2D eigenvalue weighted by Crippen LogP contribution is 2.31. The lowest BCUT2D eigenvalue weighted by Gasteiger charge is -2.32. The van der Waals surface area contributed by atoms with E-state index in [9.17, 15) is 4.39 Å². The molecule has 1 aliphatic carbocycles. The normalized spacial score (nSPS) is 27.0. The first kappa shape index (κ1) is 14.3. The summed E-state index contributed by atoms with van der Waals surface area (Å²) in [5.41, 5.74) is 6.62. The largest absolute Gasteiger partial charge is 0.389 e. The molecule has 104 valence electrons. The van der Waals surface area contributed by atoms with Gasteiger partial charge >= 0.3 is 0 Å².